The molecule has 0 saturated carbocycles. The molecular weight excluding hydrogens is 426 g/mol. The summed E-state index contributed by atoms with van der Waals surface area (Å²) in [6.45, 7) is 2.81. The first-order valence-electron chi connectivity index (χ1n) is 9.79. The van der Waals surface area contributed by atoms with Gasteiger partial charge < -0.3 is 5.11 Å². The average molecular weight is 450 g/mol. The molecule has 3 rings (SSSR count). The summed E-state index contributed by atoms with van der Waals surface area (Å²) in [6, 6.07) is 10.5. The number of phenols is 1. The van der Waals surface area contributed by atoms with E-state index in [2.05, 4.69) is 10.5 Å². The van der Waals surface area contributed by atoms with E-state index in [0.717, 1.165) is 19.3 Å². The van der Waals surface area contributed by atoms with E-state index in [1.54, 1.807) is 18.2 Å². The Morgan fingerprint density at radius 2 is 1.90 bits per heavy atom. The van der Waals surface area contributed by atoms with Crippen LogP contribution in [0.5, 0.6) is 5.75 Å². The molecule has 30 heavy (non-hydrogen) atoms. The number of nitrogens with one attached hydrogen (secondary N) is 1. The minimum absolute atomic E-state index is 0.00358. The number of carbonyl (C=O) groups excluding carboxylic acids is 1. The van der Waals surface area contributed by atoms with Crippen LogP contribution in [0.4, 0.5) is 0 Å². The average Bonchev–Trinajstić information content (AvgIpc) is 2.77. The van der Waals surface area contributed by atoms with E-state index in [0.29, 0.717) is 35.8 Å². The minimum Gasteiger partial charge on any atom is -0.507 e. The molecule has 2 aromatic rings. The molecule has 1 saturated heterocycles. The van der Waals surface area contributed by atoms with Crippen molar-refractivity contribution in [1.82, 2.24) is 9.73 Å². The van der Waals surface area contributed by atoms with Gasteiger partial charge in [-0.2, -0.15) is 9.41 Å². The molecule has 0 aromatic heterocycles. The maximum absolute atomic E-state index is 12.9. The summed E-state index contributed by atoms with van der Waals surface area (Å²) in [5.41, 5.74) is 3.49. The molecule has 2 N–H and O–H groups in total. The molecule has 9 heteroatoms. The number of hydrazone groups is 1. The maximum Gasteiger partial charge on any atom is 0.271 e. The fraction of sp³-hybridized carbons (Fsp3) is 0.333. The molecule has 0 aliphatic carbocycles. The number of hydrogen-bond acceptors (Lipinski definition) is 5. The van der Waals surface area contributed by atoms with Crippen LogP contribution in [0.25, 0.3) is 0 Å². The van der Waals surface area contributed by atoms with Gasteiger partial charge in [0.05, 0.1) is 10.6 Å². The van der Waals surface area contributed by atoms with Crippen LogP contribution in [0.1, 0.15) is 48.5 Å². The third-order valence-corrected chi connectivity index (χ3v) is 7.08. The van der Waals surface area contributed by atoms with E-state index >= 15 is 0 Å². The molecule has 1 amide bonds. The van der Waals surface area contributed by atoms with Crippen molar-refractivity contribution in [3.8, 4) is 5.75 Å². The Morgan fingerprint density at radius 3 is 2.60 bits per heavy atom. The predicted octanol–water partition coefficient (Wildman–Crippen LogP) is 3.76. The third kappa shape index (κ3) is 5.00. The summed E-state index contributed by atoms with van der Waals surface area (Å²) in [7, 11) is -3.64. The van der Waals surface area contributed by atoms with Crippen LogP contribution in [-0.2, 0) is 10.0 Å². The molecule has 1 fully saturated rings. The van der Waals surface area contributed by atoms with Crippen molar-refractivity contribution < 1.29 is 18.3 Å². The Kier molecular flexibility index (Phi) is 7.12. The number of nitrogens with zero attached hydrogens (tertiary/aromatic N) is 2. The number of phenolic OH excluding ortho intramolecular Hbond substituents is 1. The molecular formula is C21H24ClN3O4S. The summed E-state index contributed by atoms with van der Waals surface area (Å²) in [4.78, 5) is 12.7. The fourth-order valence-corrected chi connectivity index (χ4v) is 5.04. The van der Waals surface area contributed by atoms with Gasteiger partial charge in [0.15, 0.2) is 0 Å². The van der Waals surface area contributed by atoms with Gasteiger partial charge in [-0.3, -0.25) is 4.79 Å². The molecule has 2 aromatic carbocycles. The second kappa shape index (κ2) is 9.59. The van der Waals surface area contributed by atoms with Crippen molar-refractivity contribution in [2.24, 2.45) is 5.10 Å². The Morgan fingerprint density at radius 1 is 1.17 bits per heavy atom. The second-order valence-electron chi connectivity index (χ2n) is 7.01. The number of piperidine rings is 1. The van der Waals surface area contributed by atoms with Gasteiger partial charge in [-0.25, -0.2) is 13.8 Å². The predicted molar refractivity (Wildman–Crippen MR) is 116 cm³/mol. The van der Waals surface area contributed by atoms with Crippen molar-refractivity contribution in [1.29, 1.82) is 0 Å². The van der Waals surface area contributed by atoms with Gasteiger partial charge in [0.25, 0.3) is 5.91 Å². The van der Waals surface area contributed by atoms with Crippen molar-refractivity contribution >= 4 is 33.2 Å². The zero-order valence-electron chi connectivity index (χ0n) is 16.6. The van der Waals surface area contributed by atoms with Crippen molar-refractivity contribution in [3.63, 3.8) is 0 Å². The number of amides is 1. The normalized spacial score (nSPS) is 15.7. The molecule has 0 spiro atoms. The van der Waals surface area contributed by atoms with Crippen LogP contribution in [0.3, 0.4) is 0 Å². The van der Waals surface area contributed by atoms with Crippen LogP contribution < -0.4 is 5.43 Å². The van der Waals surface area contributed by atoms with Crippen molar-refractivity contribution in [2.45, 2.75) is 37.5 Å². The number of carbonyl (C=O) groups is 1. The first-order chi connectivity index (χ1) is 14.3. The highest BCUT2D eigenvalue weighted by molar-refractivity contribution is 7.89. The Bertz CT molecular complexity index is 1060. The largest absolute Gasteiger partial charge is 0.507 e. The van der Waals surface area contributed by atoms with E-state index < -0.39 is 15.9 Å². The lowest BCUT2D eigenvalue weighted by molar-refractivity contribution is 0.0954. The monoisotopic (exact) mass is 449 g/mol. The summed E-state index contributed by atoms with van der Waals surface area (Å²) in [5, 5.41) is 14.6. The third-order valence-electron chi connectivity index (χ3n) is 4.95. The number of hydrogen-bond donors (Lipinski definition) is 2. The second-order valence-corrected chi connectivity index (χ2v) is 9.38. The lowest BCUT2D eigenvalue weighted by atomic mass is 10.1. The van der Waals surface area contributed by atoms with Crippen molar-refractivity contribution in [3.05, 3.63) is 58.6 Å². The van der Waals surface area contributed by atoms with Crippen LogP contribution >= 0.6 is 11.6 Å². The molecule has 0 atom stereocenters. The fourth-order valence-electron chi connectivity index (χ4n) is 3.30. The van der Waals surface area contributed by atoms with Crippen LogP contribution in [-0.4, -0.2) is 42.5 Å². The number of rotatable bonds is 6. The summed E-state index contributed by atoms with van der Waals surface area (Å²) in [5.74, 6) is -0.540. The SMILES string of the molecule is CCC(=NNC(=O)c1cccc(S(=O)(=O)N2CCCCC2)c1)c1cc(Cl)ccc1O. The van der Waals surface area contributed by atoms with Gasteiger partial charge in [-0.15, -0.1) is 0 Å². The number of aromatic hydroxyl groups is 1. The van der Waals surface area contributed by atoms with Gasteiger partial charge in [-0.05, 0) is 55.7 Å². The van der Waals surface area contributed by atoms with Gasteiger partial charge in [0.2, 0.25) is 10.0 Å². The molecule has 160 valence electrons. The summed E-state index contributed by atoms with van der Waals surface area (Å²) < 4.78 is 27.2. The van der Waals surface area contributed by atoms with E-state index in [9.17, 15) is 18.3 Å². The Labute approximate surface area is 181 Å². The Hall–Kier alpha value is -2.42. The zero-order chi connectivity index (χ0) is 21.7. The molecule has 0 unspecified atom stereocenters. The zero-order valence-corrected chi connectivity index (χ0v) is 18.2. The summed E-state index contributed by atoms with van der Waals surface area (Å²) >= 11 is 5.99. The minimum atomic E-state index is -3.64. The topological polar surface area (TPSA) is 99.1 Å². The molecule has 1 heterocycles. The highest BCUT2D eigenvalue weighted by Crippen LogP contribution is 2.24. The first kappa shape index (κ1) is 22.3. The number of benzene rings is 2. The molecule has 7 nitrogen and oxygen atoms in total. The first-order valence-corrected chi connectivity index (χ1v) is 11.6. The van der Waals surface area contributed by atoms with E-state index in [4.69, 9.17) is 11.6 Å². The lowest BCUT2D eigenvalue weighted by Crippen LogP contribution is -2.35. The molecule has 1 aliphatic heterocycles. The van der Waals surface area contributed by atoms with E-state index in [-0.39, 0.29) is 16.2 Å². The maximum atomic E-state index is 12.9. The quantitative estimate of drug-likeness (QED) is 0.518. The van der Waals surface area contributed by atoms with Crippen LogP contribution in [0.15, 0.2) is 52.5 Å². The smallest absolute Gasteiger partial charge is 0.271 e. The van der Waals surface area contributed by atoms with Gasteiger partial charge >= 0.3 is 0 Å². The van der Waals surface area contributed by atoms with Gasteiger partial charge in [0, 0.05) is 29.2 Å². The molecule has 0 bridgehead atoms. The molecule has 1 aliphatic rings. The van der Waals surface area contributed by atoms with Crippen LogP contribution in [0.2, 0.25) is 5.02 Å². The number of halogens is 1. The highest BCUT2D eigenvalue weighted by Gasteiger charge is 2.26. The summed E-state index contributed by atoms with van der Waals surface area (Å²) in [6.07, 6.45) is 3.14. The standard InChI is InChI=1S/C21H24ClN3O4S/c1-2-19(18-14-16(22)9-10-20(18)26)23-24-21(27)15-7-6-8-17(13-15)30(28,29)25-11-4-3-5-12-25/h6-10,13-14,26H,2-5,11-12H2,1H3,(H,24,27). The Balaban J connectivity index is 1.81. The lowest BCUT2D eigenvalue weighted by Gasteiger charge is -2.25. The number of sulfonamides is 1. The van der Waals surface area contributed by atoms with E-state index in [1.807, 2.05) is 6.92 Å². The van der Waals surface area contributed by atoms with Gasteiger partial charge in [0.1, 0.15) is 5.75 Å². The molecule has 0 radical (unpaired) electrons. The van der Waals surface area contributed by atoms with E-state index in [1.165, 1.54) is 28.6 Å². The van der Waals surface area contributed by atoms with Gasteiger partial charge in [-0.1, -0.05) is 31.0 Å². The van der Waals surface area contributed by atoms with Crippen molar-refractivity contribution in [2.75, 3.05) is 13.1 Å². The highest BCUT2D eigenvalue weighted by atomic mass is 35.5. The van der Waals surface area contributed by atoms with Crippen LogP contribution in [0, 0.1) is 0 Å².